The Morgan fingerprint density at radius 3 is 2.60 bits per heavy atom. The lowest BCUT2D eigenvalue weighted by atomic mass is 10.1. The van der Waals surface area contributed by atoms with Crippen LogP contribution < -0.4 is 5.32 Å². The zero-order chi connectivity index (χ0) is 21.4. The van der Waals surface area contributed by atoms with Gasteiger partial charge in [-0.1, -0.05) is 35.9 Å². The monoisotopic (exact) mass is 442 g/mol. The molecule has 2 aromatic carbocycles. The summed E-state index contributed by atoms with van der Waals surface area (Å²) in [5.41, 5.74) is 0.381. The number of halogens is 1. The molecule has 11 heteroatoms. The lowest BCUT2D eigenvalue weighted by Gasteiger charge is -2.12. The van der Waals surface area contributed by atoms with Crippen molar-refractivity contribution in [2.24, 2.45) is 0 Å². The largest absolute Gasteiger partial charge is 0.300 e. The third-order valence-corrected chi connectivity index (χ3v) is 5.46. The first-order valence-corrected chi connectivity index (χ1v) is 9.76. The van der Waals surface area contributed by atoms with Crippen LogP contribution in [0.3, 0.4) is 0 Å². The maximum Gasteiger partial charge on any atom is 0.282 e. The van der Waals surface area contributed by atoms with Crippen LogP contribution in [0.1, 0.15) is 20.7 Å². The predicted molar refractivity (Wildman–Crippen MR) is 110 cm³/mol. The number of nitro benzene ring substituents is 1. The van der Waals surface area contributed by atoms with E-state index in [0.29, 0.717) is 21.2 Å². The van der Waals surface area contributed by atoms with Gasteiger partial charge in [-0.05, 0) is 12.1 Å². The Balaban J connectivity index is 1.50. The van der Waals surface area contributed by atoms with Gasteiger partial charge in [0.15, 0.2) is 5.13 Å². The number of fused-ring (bicyclic) bond motifs is 1. The van der Waals surface area contributed by atoms with Gasteiger partial charge in [0.25, 0.3) is 17.5 Å². The quantitative estimate of drug-likeness (QED) is 0.366. The number of hydrogen-bond donors (Lipinski definition) is 1. The van der Waals surface area contributed by atoms with Gasteiger partial charge in [0, 0.05) is 22.0 Å². The summed E-state index contributed by atoms with van der Waals surface area (Å²) in [5, 5.41) is 16.2. The number of nitro groups is 1. The summed E-state index contributed by atoms with van der Waals surface area (Å²) in [7, 11) is 0. The normalized spacial score (nSPS) is 12.8. The van der Waals surface area contributed by atoms with E-state index in [-0.39, 0.29) is 16.3 Å². The highest BCUT2D eigenvalue weighted by Crippen LogP contribution is 2.32. The Morgan fingerprint density at radius 2 is 1.87 bits per heavy atom. The number of benzene rings is 2. The molecule has 0 bridgehead atoms. The number of hydrogen-bond acceptors (Lipinski definition) is 7. The van der Waals surface area contributed by atoms with E-state index in [1.54, 1.807) is 29.6 Å². The molecular formula is C19H11ClN4O5S. The fourth-order valence-electron chi connectivity index (χ4n) is 3.04. The predicted octanol–water partition coefficient (Wildman–Crippen LogP) is 3.61. The van der Waals surface area contributed by atoms with Crippen molar-refractivity contribution in [2.75, 3.05) is 11.9 Å². The Labute approximate surface area is 178 Å². The second-order valence-corrected chi connectivity index (χ2v) is 7.48. The first-order chi connectivity index (χ1) is 14.4. The van der Waals surface area contributed by atoms with Gasteiger partial charge in [-0.3, -0.25) is 29.4 Å². The number of nitrogens with zero attached hydrogens (tertiary/aromatic N) is 3. The average molecular weight is 443 g/mol. The Morgan fingerprint density at radius 1 is 1.13 bits per heavy atom. The number of aromatic nitrogens is 1. The van der Waals surface area contributed by atoms with Crippen molar-refractivity contribution in [3.05, 3.63) is 74.1 Å². The molecule has 0 saturated heterocycles. The van der Waals surface area contributed by atoms with Crippen LogP contribution in [0.4, 0.5) is 10.8 Å². The van der Waals surface area contributed by atoms with Gasteiger partial charge in [-0.2, -0.15) is 0 Å². The molecule has 4 rings (SSSR count). The standard InChI is InChI=1S/C19H11ClN4O5S/c20-12-6-2-1-4-10(12)13-9-30-19(21-13)22-15(25)8-23-17(26)11-5-3-7-14(24(28)29)16(11)18(23)27/h1-7,9H,8H2,(H,21,22,25). The molecule has 9 nitrogen and oxygen atoms in total. The Hall–Kier alpha value is -3.63. The van der Waals surface area contributed by atoms with E-state index in [1.165, 1.54) is 12.1 Å². The second kappa shape index (κ2) is 7.65. The molecule has 0 radical (unpaired) electrons. The van der Waals surface area contributed by atoms with Crippen LogP contribution in [-0.2, 0) is 4.79 Å². The van der Waals surface area contributed by atoms with Gasteiger partial charge < -0.3 is 5.32 Å². The van der Waals surface area contributed by atoms with E-state index in [9.17, 15) is 24.5 Å². The summed E-state index contributed by atoms with van der Waals surface area (Å²) in [4.78, 5) is 52.8. The van der Waals surface area contributed by atoms with E-state index in [2.05, 4.69) is 10.3 Å². The average Bonchev–Trinajstić information content (AvgIpc) is 3.27. The fraction of sp³-hybridized carbons (Fsp3) is 0.0526. The van der Waals surface area contributed by atoms with Crippen molar-refractivity contribution in [1.82, 2.24) is 9.88 Å². The van der Waals surface area contributed by atoms with Crippen molar-refractivity contribution in [2.45, 2.75) is 0 Å². The highest BCUT2D eigenvalue weighted by Gasteiger charge is 2.41. The molecule has 3 aromatic rings. The first kappa shape index (κ1) is 19.7. The zero-order valence-electron chi connectivity index (χ0n) is 15.0. The number of anilines is 1. The first-order valence-electron chi connectivity index (χ1n) is 8.50. The molecule has 1 aliphatic rings. The van der Waals surface area contributed by atoms with Crippen molar-refractivity contribution in [1.29, 1.82) is 0 Å². The maximum absolute atomic E-state index is 12.5. The van der Waals surface area contributed by atoms with Crippen LogP contribution in [0.25, 0.3) is 11.3 Å². The number of carbonyl (C=O) groups excluding carboxylic acids is 3. The number of imide groups is 1. The van der Waals surface area contributed by atoms with Crippen LogP contribution in [0, 0.1) is 10.1 Å². The van der Waals surface area contributed by atoms with Crippen LogP contribution in [0.15, 0.2) is 47.8 Å². The summed E-state index contributed by atoms with van der Waals surface area (Å²) in [6.07, 6.45) is 0. The lowest BCUT2D eigenvalue weighted by Crippen LogP contribution is -2.37. The molecule has 0 spiro atoms. The number of carbonyl (C=O) groups is 3. The third kappa shape index (κ3) is 3.42. The van der Waals surface area contributed by atoms with Gasteiger partial charge >= 0.3 is 0 Å². The van der Waals surface area contributed by atoms with E-state index >= 15 is 0 Å². The van der Waals surface area contributed by atoms with E-state index in [4.69, 9.17) is 11.6 Å². The number of amides is 3. The van der Waals surface area contributed by atoms with Gasteiger partial charge in [0.05, 0.1) is 16.2 Å². The van der Waals surface area contributed by atoms with Gasteiger partial charge in [0.1, 0.15) is 12.1 Å². The molecule has 1 aliphatic heterocycles. The highest BCUT2D eigenvalue weighted by molar-refractivity contribution is 7.14. The van der Waals surface area contributed by atoms with Gasteiger partial charge in [-0.25, -0.2) is 4.98 Å². The molecule has 150 valence electrons. The molecule has 1 aromatic heterocycles. The van der Waals surface area contributed by atoms with Gasteiger partial charge in [0.2, 0.25) is 5.91 Å². The minimum Gasteiger partial charge on any atom is -0.300 e. The molecule has 0 fully saturated rings. The molecule has 2 heterocycles. The summed E-state index contributed by atoms with van der Waals surface area (Å²) in [6.45, 7) is -0.593. The molecule has 0 aliphatic carbocycles. The molecule has 0 unspecified atom stereocenters. The summed E-state index contributed by atoms with van der Waals surface area (Å²) >= 11 is 7.30. The number of rotatable bonds is 5. The molecule has 3 amide bonds. The summed E-state index contributed by atoms with van der Waals surface area (Å²) in [6, 6.07) is 10.9. The van der Waals surface area contributed by atoms with Gasteiger partial charge in [-0.15, -0.1) is 11.3 Å². The molecule has 1 N–H and O–H groups in total. The molecule has 0 atom stereocenters. The van der Waals surface area contributed by atoms with Crippen molar-refractivity contribution < 1.29 is 19.3 Å². The van der Waals surface area contributed by atoms with Crippen LogP contribution >= 0.6 is 22.9 Å². The SMILES string of the molecule is O=C(CN1C(=O)c2cccc([N+](=O)[O-])c2C1=O)Nc1nc(-c2ccccc2Cl)cs1. The smallest absolute Gasteiger partial charge is 0.282 e. The number of thiazole rings is 1. The zero-order valence-corrected chi connectivity index (χ0v) is 16.6. The highest BCUT2D eigenvalue weighted by atomic mass is 35.5. The molecular weight excluding hydrogens is 432 g/mol. The van der Waals surface area contributed by atoms with E-state index in [0.717, 1.165) is 17.4 Å². The fourth-order valence-corrected chi connectivity index (χ4v) is 4.00. The van der Waals surface area contributed by atoms with Crippen molar-refractivity contribution in [3.63, 3.8) is 0 Å². The summed E-state index contributed by atoms with van der Waals surface area (Å²) < 4.78 is 0. The third-order valence-electron chi connectivity index (χ3n) is 4.38. The number of nitrogens with one attached hydrogen (secondary N) is 1. The van der Waals surface area contributed by atoms with E-state index in [1.807, 2.05) is 0 Å². The molecule has 0 saturated carbocycles. The van der Waals surface area contributed by atoms with Crippen molar-refractivity contribution in [3.8, 4) is 11.3 Å². The van der Waals surface area contributed by atoms with Crippen LogP contribution in [0.5, 0.6) is 0 Å². The minimum atomic E-state index is -0.881. The minimum absolute atomic E-state index is 0.0998. The molecule has 30 heavy (non-hydrogen) atoms. The van der Waals surface area contributed by atoms with Crippen LogP contribution in [0.2, 0.25) is 5.02 Å². The van der Waals surface area contributed by atoms with E-state index < -0.39 is 34.9 Å². The van der Waals surface area contributed by atoms with Crippen molar-refractivity contribution >= 4 is 51.5 Å². The Bertz CT molecular complexity index is 1230. The topological polar surface area (TPSA) is 123 Å². The second-order valence-electron chi connectivity index (χ2n) is 6.22. The lowest BCUT2D eigenvalue weighted by molar-refractivity contribution is -0.385. The summed E-state index contributed by atoms with van der Waals surface area (Å²) in [5.74, 6) is -2.30. The maximum atomic E-state index is 12.5. The van der Waals surface area contributed by atoms with Crippen LogP contribution in [-0.4, -0.2) is 39.1 Å². The Kier molecular flexibility index (Phi) is 5.02.